The summed E-state index contributed by atoms with van der Waals surface area (Å²) < 4.78 is 72.6. The van der Waals surface area contributed by atoms with Crippen molar-refractivity contribution in [3.63, 3.8) is 0 Å². The van der Waals surface area contributed by atoms with Crippen molar-refractivity contribution < 1.29 is 14.0 Å². The molecule has 0 saturated carbocycles. The van der Waals surface area contributed by atoms with Crippen LogP contribution in [-0.2, 0) is 0 Å². The third kappa shape index (κ3) is 3.97. The molecule has 1 heteroatoms. The second kappa shape index (κ2) is 10.2. The minimum Gasteiger partial charge on any atom is -0.455 e. The maximum atomic E-state index is 9.96. The Bertz CT molecular complexity index is 3240. The molecule has 0 radical (unpaired) electrons. The second-order valence-corrected chi connectivity index (χ2v) is 11.9. The van der Waals surface area contributed by atoms with E-state index in [4.69, 9.17) is 7.16 Å². The fourth-order valence-electron chi connectivity index (χ4n) is 7.13. The quantitative estimate of drug-likeness (QED) is 0.183. The molecule has 0 aliphatic carbocycles. The van der Waals surface area contributed by atoms with E-state index in [0.29, 0.717) is 44.4 Å². The second-order valence-electron chi connectivity index (χ2n) is 11.9. The first-order valence-corrected chi connectivity index (χ1v) is 15.6. The summed E-state index contributed by atoms with van der Waals surface area (Å²) >= 11 is 0. The summed E-state index contributed by atoms with van der Waals surface area (Å²) in [5.74, 6) is 0. The first-order chi connectivity index (χ1) is 26.2. The lowest BCUT2D eigenvalue weighted by Gasteiger charge is -2.19. The SMILES string of the molecule is [2H]c1c([2H])c([2H])c2c(-c3cccc4oc5c6ccccc6ccc5c34)c3c([2H])c([2H])c(-c4ccccc4)c([2H])c3c(-c3ccc4ccccc4c3)c2c1[2H]. The number of hydrogen-bond acceptors (Lipinski definition) is 1. The number of hydrogen-bond donors (Lipinski definition) is 0. The molecule has 10 aromatic rings. The molecule has 0 bridgehead atoms. The third-order valence-corrected chi connectivity index (χ3v) is 9.26. The summed E-state index contributed by atoms with van der Waals surface area (Å²) in [5.41, 5.74) is 4.16. The maximum Gasteiger partial charge on any atom is 0.143 e. The third-order valence-electron chi connectivity index (χ3n) is 9.26. The van der Waals surface area contributed by atoms with Crippen molar-refractivity contribution >= 4 is 65.0 Å². The fourth-order valence-corrected chi connectivity index (χ4v) is 7.13. The van der Waals surface area contributed by atoms with Crippen molar-refractivity contribution in [3.8, 4) is 33.4 Å². The van der Waals surface area contributed by atoms with Gasteiger partial charge in [-0.05, 0) is 95.3 Å². The van der Waals surface area contributed by atoms with Crippen molar-refractivity contribution in [2.75, 3.05) is 0 Å². The summed E-state index contributed by atoms with van der Waals surface area (Å²) in [6.07, 6.45) is 0. The van der Waals surface area contributed by atoms with Gasteiger partial charge in [0, 0.05) is 16.2 Å². The minimum absolute atomic E-state index is 0.00569. The molecule has 0 amide bonds. The molecule has 0 fully saturated rings. The van der Waals surface area contributed by atoms with E-state index in [1.54, 1.807) is 0 Å². The highest BCUT2D eigenvalue weighted by Crippen LogP contribution is 2.48. The van der Waals surface area contributed by atoms with Crippen molar-refractivity contribution in [3.05, 3.63) is 170 Å². The highest BCUT2D eigenvalue weighted by molar-refractivity contribution is 6.27. The van der Waals surface area contributed by atoms with Gasteiger partial charge in [-0.15, -0.1) is 0 Å². The fraction of sp³-hybridized carbons (Fsp3) is 0. The Morgan fingerprint density at radius 3 is 2.02 bits per heavy atom. The Hall–Kier alpha value is -6.18. The Balaban J connectivity index is 1.50. The van der Waals surface area contributed by atoms with Crippen LogP contribution in [0, 0.1) is 0 Å². The summed E-state index contributed by atoms with van der Waals surface area (Å²) in [5, 5.41) is 6.46. The number of benzene rings is 9. The molecule has 0 unspecified atom stereocenters. The monoisotopic (exact) mass is 603 g/mol. The molecule has 1 nitrogen and oxygen atoms in total. The van der Waals surface area contributed by atoms with Crippen LogP contribution in [0.3, 0.4) is 0 Å². The van der Waals surface area contributed by atoms with Gasteiger partial charge in [-0.25, -0.2) is 0 Å². The molecule has 0 N–H and O–H groups in total. The van der Waals surface area contributed by atoms with E-state index >= 15 is 0 Å². The van der Waals surface area contributed by atoms with E-state index < -0.39 is 12.1 Å². The van der Waals surface area contributed by atoms with Crippen LogP contribution in [0.15, 0.2) is 174 Å². The Labute approximate surface area is 281 Å². The first kappa shape index (κ1) is 20.0. The van der Waals surface area contributed by atoms with Gasteiger partial charge < -0.3 is 4.42 Å². The van der Waals surface area contributed by atoms with Crippen molar-refractivity contribution in [2.45, 2.75) is 0 Å². The van der Waals surface area contributed by atoms with Crippen LogP contribution in [0.2, 0.25) is 0 Å². The minimum atomic E-state index is -0.405. The normalized spacial score (nSPS) is 13.9. The van der Waals surface area contributed by atoms with Crippen molar-refractivity contribution in [2.24, 2.45) is 0 Å². The average Bonchev–Trinajstić information content (AvgIpc) is 3.60. The first-order valence-electron chi connectivity index (χ1n) is 19.1. The van der Waals surface area contributed by atoms with E-state index in [9.17, 15) is 6.85 Å². The molecule has 0 saturated heterocycles. The summed E-state index contributed by atoms with van der Waals surface area (Å²) in [4.78, 5) is 0. The molecular formula is C46H28O. The van der Waals surface area contributed by atoms with Crippen LogP contribution < -0.4 is 0 Å². The van der Waals surface area contributed by atoms with E-state index in [1.807, 2.05) is 127 Å². The summed E-state index contributed by atoms with van der Waals surface area (Å²) in [6.45, 7) is 0. The van der Waals surface area contributed by atoms with Gasteiger partial charge >= 0.3 is 0 Å². The summed E-state index contributed by atoms with van der Waals surface area (Å²) in [7, 11) is 0. The molecule has 0 aliphatic rings. The van der Waals surface area contributed by atoms with E-state index in [1.165, 1.54) is 0 Å². The van der Waals surface area contributed by atoms with Crippen molar-refractivity contribution in [1.82, 2.24) is 0 Å². The largest absolute Gasteiger partial charge is 0.455 e. The number of rotatable bonds is 3. The van der Waals surface area contributed by atoms with Gasteiger partial charge in [-0.1, -0.05) is 145 Å². The van der Waals surface area contributed by atoms with Gasteiger partial charge in [0.1, 0.15) is 11.2 Å². The van der Waals surface area contributed by atoms with E-state index in [0.717, 1.165) is 32.3 Å². The zero-order valence-corrected chi connectivity index (χ0v) is 25.0. The van der Waals surface area contributed by atoms with Crippen LogP contribution in [-0.4, -0.2) is 0 Å². The molecule has 10 rings (SSSR count). The Morgan fingerprint density at radius 1 is 0.426 bits per heavy atom. The Kier molecular flexibility index (Phi) is 4.34. The molecule has 1 heterocycles. The van der Waals surface area contributed by atoms with Gasteiger partial charge in [0.25, 0.3) is 0 Å². The Morgan fingerprint density at radius 2 is 1.15 bits per heavy atom. The zero-order valence-electron chi connectivity index (χ0n) is 32.0. The predicted octanol–water partition coefficient (Wildman–Crippen LogP) is 13.2. The standard InChI is InChI=1S/C46H28O/c1-2-11-29(12-3-1)33-24-25-38-41(28-33)43(34-22-21-30-13-4-5-15-32(30)27-34)36-17-8-9-18-37(36)44(38)39-19-10-20-42-45(39)40-26-23-31-14-6-7-16-35(31)46(40)47-42/h1-28H/i8D,9D,17D,18D,24D,25D,28D. The lowest BCUT2D eigenvalue weighted by Crippen LogP contribution is -1.92. The molecule has 0 aliphatic heterocycles. The molecule has 218 valence electrons. The zero-order chi connectivity index (χ0) is 37.0. The predicted molar refractivity (Wildman–Crippen MR) is 200 cm³/mol. The van der Waals surface area contributed by atoms with E-state index in [-0.39, 0.29) is 51.9 Å². The molecule has 9 aromatic carbocycles. The number of furan rings is 1. The van der Waals surface area contributed by atoms with Gasteiger partial charge in [0.2, 0.25) is 0 Å². The lowest BCUT2D eigenvalue weighted by atomic mass is 9.83. The van der Waals surface area contributed by atoms with Crippen LogP contribution in [0.5, 0.6) is 0 Å². The highest BCUT2D eigenvalue weighted by atomic mass is 16.3. The maximum absolute atomic E-state index is 9.96. The lowest BCUT2D eigenvalue weighted by molar-refractivity contribution is 0.673. The molecule has 47 heavy (non-hydrogen) atoms. The molecule has 1 aromatic heterocycles. The highest BCUT2D eigenvalue weighted by Gasteiger charge is 2.21. The van der Waals surface area contributed by atoms with Crippen LogP contribution in [0.25, 0.3) is 98.4 Å². The van der Waals surface area contributed by atoms with Gasteiger partial charge in [0.15, 0.2) is 0 Å². The van der Waals surface area contributed by atoms with E-state index in [2.05, 4.69) is 0 Å². The average molecular weight is 604 g/mol. The molecule has 0 atom stereocenters. The van der Waals surface area contributed by atoms with Gasteiger partial charge in [-0.2, -0.15) is 0 Å². The van der Waals surface area contributed by atoms with Gasteiger partial charge in [0.05, 0.1) is 9.60 Å². The van der Waals surface area contributed by atoms with Crippen LogP contribution >= 0.6 is 0 Å². The molecular weight excluding hydrogens is 569 g/mol. The van der Waals surface area contributed by atoms with Crippen molar-refractivity contribution in [1.29, 1.82) is 0 Å². The van der Waals surface area contributed by atoms with Crippen LogP contribution in [0.1, 0.15) is 9.60 Å². The topological polar surface area (TPSA) is 13.1 Å². The van der Waals surface area contributed by atoms with Crippen LogP contribution in [0.4, 0.5) is 0 Å². The van der Waals surface area contributed by atoms with Gasteiger partial charge in [-0.3, -0.25) is 0 Å². The smallest absolute Gasteiger partial charge is 0.143 e. The molecule has 0 spiro atoms. The number of fused-ring (bicyclic) bond motifs is 8. The summed E-state index contributed by atoms with van der Waals surface area (Å²) in [6, 6.07) is 38.9.